The van der Waals surface area contributed by atoms with Crippen molar-refractivity contribution in [3.05, 3.63) is 29.3 Å². The minimum absolute atomic E-state index is 0.0272. The molecule has 0 saturated heterocycles. The van der Waals surface area contributed by atoms with Gasteiger partial charge in [-0.05, 0) is 18.2 Å². The maximum absolute atomic E-state index is 12.8. The molecule has 0 radical (unpaired) electrons. The first-order chi connectivity index (χ1) is 8.79. The molecule has 8 heteroatoms. The lowest BCUT2D eigenvalue weighted by atomic mass is 10.1. The molecule has 0 atom stereocenters. The van der Waals surface area contributed by atoms with Crippen LogP contribution in [0.3, 0.4) is 0 Å². The second-order valence-electron chi connectivity index (χ2n) is 3.46. The molecule has 0 saturated carbocycles. The van der Waals surface area contributed by atoms with Gasteiger partial charge in [-0.3, -0.25) is 0 Å². The Kier molecular flexibility index (Phi) is 4.77. The summed E-state index contributed by atoms with van der Waals surface area (Å²) in [5.41, 5.74) is 3.57. The Morgan fingerprint density at radius 3 is 2.58 bits per heavy atom. The Balaban J connectivity index is 3.36. The predicted molar refractivity (Wildman–Crippen MR) is 64.8 cm³/mol. The average molecular weight is 295 g/mol. The molecule has 0 aliphatic rings. The van der Waals surface area contributed by atoms with Gasteiger partial charge in [0.2, 0.25) is 0 Å². The molecule has 0 unspecified atom stereocenters. The van der Waals surface area contributed by atoms with Crippen molar-refractivity contribution in [3.8, 4) is 0 Å². The molecule has 0 aromatic heterocycles. The van der Waals surface area contributed by atoms with E-state index in [-0.39, 0.29) is 17.4 Å². The first-order valence-corrected chi connectivity index (χ1v) is 5.51. The van der Waals surface area contributed by atoms with Crippen LogP contribution < -0.4 is 5.73 Å². The highest BCUT2D eigenvalue weighted by Gasteiger charge is 2.35. The molecule has 1 aromatic rings. The van der Waals surface area contributed by atoms with E-state index < -0.39 is 23.3 Å². The quantitative estimate of drug-likeness (QED) is 0.403. The zero-order valence-electron chi connectivity index (χ0n) is 9.79. The second-order valence-corrected chi connectivity index (χ2v) is 3.72. The number of rotatable bonds is 3. The van der Waals surface area contributed by atoms with Gasteiger partial charge in [0.15, 0.2) is 0 Å². The standard InChI is InChI=1S/C11H10ClF3N2O2/c1-19-10(18)7-3-2-6(17-9(16)5-12)4-8(7)11(13,14)15/h2-4H,5H2,1H3,(H2,16,17). The van der Waals surface area contributed by atoms with Crippen molar-refractivity contribution in [2.24, 2.45) is 10.7 Å². The molecule has 0 aliphatic carbocycles. The SMILES string of the molecule is COC(=O)c1ccc(N=C(N)CCl)cc1C(F)(F)F. The van der Waals surface area contributed by atoms with Crippen molar-refractivity contribution in [3.63, 3.8) is 0 Å². The van der Waals surface area contributed by atoms with Gasteiger partial charge in [0.1, 0.15) is 5.84 Å². The van der Waals surface area contributed by atoms with E-state index in [1.165, 1.54) is 6.07 Å². The van der Waals surface area contributed by atoms with Gasteiger partial charge in [-0.1, -0.05) is 0 Å². The lowest BCUT2D eigenvalue weighted by Crippen LogP contribution is -2.15. The van der Waals surface area contributed by atoms with Crippen molar-refractivity contribution in [1.29, 1.82) is 0 Å². The van der Waals surface area contributed by atoms with Gasteiger partial charge < -0.3 is 10.5 Å². The molecule has 2 N–H and O–H groups in total. The molecule has 104 valence electrons. The smallest absolute Gasteiger partial charge is 0.417 e. The van der Waals surface area contributed by atoms with E-state index in [4.69, 9.17) is 17.3 Å². The first kappa shape index (κ1) is 15.3. The molecule has 19 heavy (non-hydrogen) atoms. The van der Waals surface area contributed by atoms with Crippen LogP contribution in [0.1, 0.15) is 15.9 Å². The molecule has 1 rings (SSSR count). The van der Waals surface area contributed by atoms with E-state index in [1.807, 2.05) is 0 Å². The monoisotopic (exact) mass is 294 g/mol. The number of hydrogen-bond donors (Lipinski definition) is 1. The van der Waals surface area contributed by atoms with E-state index in [9.17, 15) is 18.0 Å². The number of nitrogens with zero attached hydrogens (tertiary/aromatic N) is 1. The van der Waals surface area contributed by atoms with Gasteiger partial charge in [0, 0.05) is 0 Å². The van der Waals surface area contributed by atoms with E-state index in [0.717, 1.165) is 13.2 Å². The molecular weight excluding hydrogens is 285 g/mol. The molecule has 0 fully saturated rings. The van der Waals surface area contributed by atoms with Crippen molar-refractivity contribution in [2.75, 3.05) is 13.0 Å². The number of esters is 1. The van der Waals surface area contributed by atoms with Crippen molar-refractivity contribution in [1.82, 2.24) is 0 Å². The van der Waals surface area contributed by atoms with Crippen LogP contribution >= 0.6 is 11.6 Å². The predicted octanol–water partition coefficient (Wildman–Crippen LogP) is 2.72. The summed E-state index contributed by atoms with van der Waals surface area (Å²) in [6, 6.07) is 2.92. The van der Waals surface area contributed by atoms with Crippen LogP contribution in [0.4, 0.5) is 18.9 Å². The second kappa shape index (κ2) is 5.92. The van der Waals surface area contributed by atoms with Crippen molar-refractivity contribution in [2.45, 2.75) is 6.18 Å². The largest absolute Gasteiger partial charge is 0.465 e. The molecule has 0 amide bonds. The molecule has 0 aliphatic heterocycles. The van der Waals surface area contributed by atoms with Crippen LogP contribution in [0.5, 0.6) is 0 Å². The number of nitrogens with two attached hydrogens (primary N) is 1. The topological polar surface area (TPSA) is 64.7 Å². The number of methoxy groups -OCH3 is 1. The molecule has 4 nitrogen and oxygen atoms in total. The minimum atomic E-state index is -4.70. The summed E-state index contributed by atoms with van der Waals surface area (Å²) in [4.78, 5) is 15.0. The Morgan fingerprint density at radius 2 is 2.11 bits per heavy atom. The Labute approximate surface area is 112 Å². The molecule has 0 bridgehead atoms. The van der Waals surface area contributed by atoms with Crippen LogP contribution in [0, 0.1) is 0 Å². The number of amidine groups is 1. The molecule has 0 spiro atoms. The zero-order chi connectivity index (χ0) is 14.6. The summed E-state index contributed by atoms with van der Waals surface area (Å²) in [7, 11) is 1.00. The Hall–Kier alpha value is -1.76. The average Bonchev–Trinajstić information content (AvgIpc) is 2.36. The van der Waals surface area contributed by atoms with Gasteiger partial charge in [-0.25, -0.2) is 9.79 Å². The third-order valence-electron chi connectivity index (χ3n) is 2.12. The molecule has 1 aromatic carbocycles. The number of aliphatic imine (C=N–C) groups is 1. The fraction of sp³-hybridized carbons (Fsp3) is 0.273. The number of alkyl halides is 4. The van der Waals surface area contributed by atoms with Gasteiger partial charge in [-0.2, -0.15) is 13.2 Å². The number of carbonyl (C=O) groups is 1. The van der Waals surface area contributed by atoms with Crippen molar-refractivity contribution >= 4 is 29.1 Å². The normalized spacial score (nSPS) is 12.4. The lowest BCUT2D eigenvalue weighted by molar-refractivity contribution is -0.138. The number of benzene rings is 1. The van der Waals surface area contributed by atoms with E-state index in [2.05, 4.69) is 9.73 Å². The summed E-state index contributed by atoms with van der Waals surface area (Å²) in [5, 5.41) is 0. The maximum Gasteiger partial charge on any atom is 0.417 e. The Morgan fingerprint density at radius 1 is 1.47 bits per heavy atom. The highest BCUT2D eigenvalue weighted by Crippen LogP contribution is 2.34. The third-order valence-corrected chi connectivity index (χ3v) is 2.40. The van der Waals surface area contributed by atoms with Gasteiger partial charge in [0.25, 0.3) is 0 Å². The molecule has 0 heterocycles. The summed E-state index contributed by atoms with van der Waals surface area (Å²) in [6.45, 7) is 0. The number of ether oxygens (including phenoxy) is 1. The minimum Gasteiger partial charge on any atom is -0.465 e. The van der Waals surface area contributed by atoms with Crippen LogP contribution in [0.15, 0.2) is 23.2 Å². The van der Waals surface area contributed by atoms with E-state index >= 15 is 0 Å². The third kappa shape index (κ3) is 3.85. The van der Waals surface area contributed by atoms with Gasteiger partial charge in [0.05, 0.1) is 29.8 Å². The Bertz CT molecular complexity index is 515. The fourth-order valence-corrected chi connectivity index (χ4v) is 1.38. The van der Waals surface area contributed by atoms with E-state index in [0.29, 0.717) is 6.07 Å². The lowest BCUT2D eigenvalue weighted by Gasteiger charge is -2.12. The number of halogens is 4. The zero-order valence-corrected chi connectivity index (χ0v) is 10.5. The first-order valence-electron chi connectivity index (χ1n) is 4.98. The number of hydrogen-bond acceptors (Lipinski definition) is 3. The highest BCUT2D eigenvalue weighted by molar-refractivity contribution is 6.28. The van der Waals surface area contributed by atoms with Crippen LogP contribution in [-0.4, -0.2) is 24.8 Å². The fourth-order valence-electron chi connectivity index (χ4n) is 1.32. The van der Waals surface area contributed by atoms with E-state index in [1.54, 1.807) is 0 Å². The van der Waals surface area contributed by atoms with Crippen LogP contribution in [0.25, 0.3) is 0 Å². The van der Waals surface area contributed by atoms with Crippen LogP contribution in [0.2, 0.25) is 0 Å². The molecular formula is C11H10ClF3N2O2. The van der Waals surface area contributed by atoms with Gasteiger partial charge in [-0.15, -0.1) is 11.6 Å². The summed E-state index contributed by atoms with van der Waals surface area (Å²) >= 11 is 5.38. The summed E-state index contributed by atoms with van der Waals surface area (Å²) < 4.78 is 42.8. The van der Waals surface area contributed by atoms with Crippen molar-refractivity contribution < 1.29 is 22.7 Å². The summed E-state index contributed by atoms with van der Waals surface area (Å²) in [5.74, 6) is -1.21. The number of carbonyl (C=O) groups excluding carboxylic acids is 1. The maximum atomic E-state index is 12.8. The van der Waals surface area contributed by atoms with Crippen LogP contribution in [-0.2, 0) is 10.9 Å². The van der Waals surface area contributed by atoms with Gasteiger partial charge >= 0.3 is 12.1 Å². The highest BCUT2D eigenvalue weighted by atomic mass is 35.5. The summed E-state index contributed by atoms with van der Waals surface area (Å²) in [6.07, 6.45) is -4.70.